The number of nitriles is 1. The average molecular weight is 693 g/mol. The summed E-state index contributed by atoms with van der Waals surface area (Å²) < 4.78 is 43.4. The van der Waals surface area contributed by atoms with E-state index >= 15 is 4.39 Å². The van der Waals surface area contributed by atoms with Crippen molar-refractivity contribution in [1.82, 2.24) is 24.6 Å². The Hall–Kier alpha value is -4.54. The van der Waals surface area contributed by atoms with Crippen molar-refractivity contribution in [2.24, 2.45) is 0 Å². The monoisotopic (exact) mass is 692 g/mol. The summed E-state index contributed by atoms with van der Waals surface area (Å²) in [6.45, 7) is 7.81. The summed E-state index contributed by atoms with van der Waals surface area (Å²) in [7, 11) is 0. The number of thiazole rings is 1. The Morgan fingerprint density at radius 3 is 2.54 bits per heavy atom. The summed E-state index contributed by atoms with van der Waals surface area (Å²) in [5.74, 6) is -2.84. The molecule has 2 heterocycles. The number of ether oxygens (including phenoxy) is 2. The van der Waals surface area contributed by atoms with E-state index in [1.807, 2.05) is 18.4 Å². The van der Waals surface area contributed by atoms with Crippen molar-refractivity contribution in [3.05, 3.63) is 124 Å². The van der Waals surface area contributed by atoms with E-state index in [0.717, 1.165) is 36.3 Å². The third-order valence-electron chi connectivity index (χ3n) is 8.12. The maximum absolute atomic E-state index is 15.7. The van der Waals surface area contributed by atoms with Gasteiger partial charge in [-0.2, -0.15) is 10.4 Å². The lowest BCUT2D eigenvalue weighted by Crippen LogP contribution is -2.42. The number of carbonyl (C=O) groups is 1. The molecule has 5 rings (SSSR count). The topological polar surface area (TPSA) is 106 Å². The Morgan fingerprint density at radius 1 is 1.10 bits per heavy atom. The Balaban J connectivity index is 0.00000520. The third-order valence-corrected chi connectivity index (χ3v) is 9.15. The zero-order valence-electron chi connectivity index (χ0n) is 26.7. The molecule has 0 aliphatic rings. The summed E-state index contributed by atoms with van der Waals surface area (Å²) in [6.07, 6.45) is 2.80. The second kappa shape index (κ2) is 16.5. The summed E-state index contributed by atoms with van der Waals surface area (Å²) in [5, 5.41) is 15.9. The largest absolute Gasteiger partial charge is 0.435 e. The number of nitrogens with zero attached hydrogens (tertiary/aromatic N) is 6. The van der Waals surface area contributed by atoms with Crippen LogP contribution in [-0.2, 0) is 28.2 Å². The van der Waals surface area contributed by atoms with Gasteiger partial charge in [-0.05, 0) is 49.0 Å². The van der Waals surface area contributed by atoms with E-state index in [9.17, 15) is 14.4 Å². The van der Waals surface area contributed by atoms with Crippen molar-refractivity contribution in [2.45, 2.75) is 45.4 Å². The van der Waals surface area contributed by atoms with Crippen molar-refractivity contribution in [2.75, 3.05) is 19.9 Å². The first kappa shape index (κ1) is 36.3. The SMILES string of the molecule is CCN(CC)Cc1cccc(C(=O)OCO[C@@](Cn2cncn2)(c2ccc(F)cc2F)[C@@H](C)c2nc(-c3ccc(C#N)cc3)cs2)c1.Cl. The molecule has 0 saturated carbocycles. The zero-order chi connectivity index (χ0) is 33.4. The second-order valence-corrected chi connectivity index (χ2v) is 11.8. The Kier molecular flexibility index (Phi) is 12.5. The minimum absolute atomic E-state index is 0. The van der Waals surface area contributed by atoms with Crippen LogP contribution in [0, 0.1) is 23.0 Å². The quantitative estimate of drug-likeness (QED) is 0.0879. The standard InChI is InChI=1S/C35H34F2N6O3S.ClH/c1-4-42(5-2)18-26-7-6-8-28(15-26)34(44)45-23-46-35(20-43-22-39-21-40-43,30-14-13-29(36)16-31(30)37)24(3)33-41-32(19-47-33)27-11-9-25(17-38)10-12-27;/h6-16,19,21-22,24H,4-5,18,20,23H2,1-3H3;1H/t24-,35+;/m0./s1. The minimum atomic E-state index is -1.57. The van der Waals surface area contributed by atoms with E-state index in [4.69, 9.17) is 14.5 Å². The number of aromatic nitrogens is 4. The Morgan fingerprint density at radius 2 is 1.88 bits per heavy atom. The number of carbonyl (C=O) groups excluding carboxylic acids is 1. The normalized spacial score (nSPS) is 12.9. The fourth-order valence-corrected chi connectivity index (χ4v) is 6.37. The van der Waals surface area contributed by atoms with Gasteiger partial charge in [-0.1, -0.05) is 51.1 Å². The molecule has 0 spiro atoms. The van der Waals surface area contributed by atoms with Crippen LogP contribution in [0.2, 0.25) is 0 Å². The number of halogens is 3. The highest BCUT2D eigenvalue weighted by molar-refractivity contribution is 7.10. The number of esters is 1. The molecule has 0 saturated heterocycles. The lowest BCUT2D eigenvalue weighted by atomic mass is 9.81. The van der Waals surface area contributed by atoms with Gasteiger partial charge in [-0.25, -0.2) is 28.2 Å². The lowest BCUT2D eigenvalue weighted by Gasteiger charge is -2.38. The van der Waals surface area contributed by atoms with Gasteiger partial charge in [-0.3, -0.25) is 4.90 Å². The number of rotatable bonds is 14. The van der Waals surface area contributed by atoms with Gasteiger partial charge in [0, 0.05) is 35.0 Å². The van der Waals surface area contributed by atoms with E-state index < -0.39 is 35.9 Å². The maximum Gasteiger partial charge on any atom is 0.340 e. The predicted molar refractivity (Wildman–Crippen MR) is 180 cm³/mol. The Labute approximate surface area is 288 Å². The second-order valence-electron chi connectivity index (χ2n) is 10.9. The fraction of sp³-hybridized carbons (Fsp3) is 0.286. The van der Waals surface area contributed by atoms with Crippen LogP contribution in [0.15, 0.2) is 84.8 Å². The molecular weight excluding hydrogens is 658 g/mol. The van der Waals surface area contributed by atoms with Gasteiger partial charge in [0.05, 0.1) is 34.4 Å². The molecule has 3 aromatic carbocycles. The van der Waals surface area contributed by atoms with Crippen LogP contribution in [0.3, 0.4) is 0 Å². The molecule has 0 N–H and O–H groups in total. The average Bonchev–Trinajstić information content (AvgIpc) is 3.79. The first-order valence-corrected chi connectivity index (χ1v) is 16.0. The van der Waals surface area contributed by atoms with Crippen LogP contribution in [-0.4, -0.2) is 50.5 Å². The van der Waals surface area contributed by atoms with Gasteiger partial charge >= 0.3 is 5.97 Å². The Bertz CT molecular complexity index is 1840. The number of hydrogen-bond acceptors (Lipinski definition) is 9. The molecule has 0 unspecified atom stereocenters. The highest BCUT2D eigenvalue weighted by Gasteiger charge is 2.45. The van der Waals surface area contributed by atoms with Gasteiger partial charge in [0.2, 0.25) is 0 Å². The maximum atomic E-state index is 15.7. The van der Waals surface area contributed by atoms with Crippen molar-refractivity contribution in [1.29, 1.82) is 5.26 Å². The van der Waals surface area contributed by atoms with Crippen molar-refractivity contribution >= 4 is 29.7 Å². The van der Waals surface area contributed by atoms with E-state index in [-0.39, 0.29) is 24.5 Å². The van der Waals surface area contributed by atoms with Crippen LogP contribution in [0.5, 0.6) is 0 Å². The molecule has 250 valence electrons. The van der Waals surface area contributed by atoms with Gasteiger partial charge < -0.3 is 9.47 Å². The predicted octanol–water partition coefficient (Wildman–Crippen LogP) is 7.35. The highest BCUT2D eigenvalue weighted by Crippen LogP contribution is 2.44. The van der Waals surface area contributed by atoms with E-state index in [2.05, 4.69) is 34.9 Å². The molecule has 13 heteroatoms. The van der Waals surface area contributed by atoms with E-state index in [0.29, 0.717) is 28.4 Å². The molecule has 2 atom stereocenters. The summed E-state index contributed by atoms with van der Waals surface area (Å²) >= 11 is 1.34. The lowest BCUT2D eigenvalue weighted by molar-refractivity contribution is -0.148. The van der Waals surface area contributed by atoms with E-state index in [1.54, 1.807) is 42.5 Å². The molecule has 0 aliphatic heterocycles. The van der Waals surface area contributed by atoms with Gasteiger partial charge in [0.25, 0.3) is 0 Å². The van der Waals surface area contributed by atoms with Crippen molar-refractivity contribution in [3.8, 4) is 17.3 Å². The molecule has 48 heavy (non-hydrogen) atoms. The first-order chi connectivity index (χ1) is 22.8. The van der Waals surface area contributed by atoms with Gasteiger partial charge in [0.1, 0.15) is 29.9 Å². The van der Waals surface area contributed by atoms with Gasteiger partial charge in [-0.15, -0.1) is 23.7 Å². The first-order valence-electron chi connectivity index (χ1n) is 15.1. The summed E-state index contributed by atoms with van der Waals surface area (Å²) in [5.41, 5.74) is 1.76. The van der Waals surface area contributed by atoms with Crippen LogP contribution in [0.1, 0.15) is 58.7 Å². The number of benzene rings is 3. The van der Waals surface area contributed by atoms with Crippen LogP contribution in [0.4, 0.5) is 8.78 Å². The fourth-order valence-electron chi connectivity index (χ4n) is 5.40. The number of hydrogen-bond donors (Lipinski definition) is 0. The molecular formula is C35H35ClF2N6O3S. The molecule has 0 radical (unpaired) electrons. The molecule has 0 amide bonds. The van der Waals surface area contributed by atoms with Crippen LogP contribution >= 0.6 is 23.7 Å². The molecule has 0 fully saturated rings. The zero-order valence-corrected chi connectivity index (χ0v) is 28.3. The summed E-state index contributed by atoms with van der Waals surface area (Å²) in [6, 6.07) is 19.6. The minimum Gasteiger partial charge on any atom is -0.435 e. The smallest absolute Gasteiger partial charge is 0.340 e. The molecule has 9 nitrogen and oxygen atoms in total. The van der Waals surface area contributed by atoms with Crippen molar-refractivity contribution in [3.63, 3.8) is 0 Å². The van der Waals surface area contributed by atoms with Crippen molar-refractivity contribution < 1.29 is 23.0 Å². The summed E-state index contributed by atoms with van der Waals surface area (Å²) in [4.78, 5) is 24.3. The molecule has 0 aliphatic carbocycles. The van der Waals surface area contributed by atoms with E-state index in [1.165, 1.54) is 34.7 Å². The van der Waals surface area contributed by atoms with Crippen LogP contribution in [0.25, 0.3) is 11.3 Å². The van der Waals surface area contributed by atoms with Crippen LogP contribution < -0.4 is 0 Å². The molecule has 0 bridgehead atoms. The third kappa shape index (κ3) is 8.29. The molecule has 5 aromatic rings. The highest BCUT2D eigenvalue weighted by atomic mass is 35.5. The molecule has 2 aromatic heterocycles. The van der Waals surface area contributed by atoms with Gasteiger partial charge in [0.15, 0.2) is 6.79 Å².